The summed E-state index contributed by atoms with van der Waals surface area (Å²) in [5.74, 6) is 3.07. The van der Waals surface area contributed by atoms with Crippen molar-refractivity contribution in [1.29, 1.82) is 5.26 Å². The van der Waals surface area contributed by atoms with E-state index in [2.05, 4.69) is 160 Å². The number of rotatable bonds is 12. The van der Waals surface area contributed by atoms with Crippen LogP contribution in [0.25, 0.3) is 83.3 Å². The van der Waals surface area contributed by atoms with Gasteiger partial charge in [-0.3, -0.25) is 9.97 Å². The van der Waals surface area contributed by atoms with Gasteiger partial charge in [-0.1, -0.05) is 134 Å². The van der Waals surface area contributed by atoms with Gasteiger partial charge in [-0.05, 0) is 123 Å². The smallest absolute Gasteiger partial charge is 0.497 e. The summed E-state index contributed by atoms with van der Waals surface area (Å²) < 4.78 is 11.2. The number of fused-ring (bicyclic) bond motifs is 2. The van der Waals surface area contributed by atoms with Crippen LogP contribution >= 0.6 is 0 Å². The van der Waals surface area contributed by atoms with Gasteiger partial charge in [0.1, 0.15) is 0 Å². The normalized spacial score (nSPS) is 11.4. The molecule has 356 valence electrons. The zero-order chi connectivity index (χ0) is 49.5. The molecule has 0 saturated heterocycles. The minimum absolute atomic E-state index is 0. The van der Waals surface area contributed by atoms with E-state index in [1.165, 1.54) is 27.8 Å². The number of nitriles is 1. The molecule has 0 aliphatic rings. The second-order valence-corrected chi connectivity index (χ2v) is 19.5. The number of imidazole rings is 2. The minimum atomic E-state index is 0. The van der Waals surface area contributed by atoms with Crippen molar-refractivity contribution >= 4 is 27.8 Å². The van der Waals surface area contributed by atoms with Crippen LogP contribution in [0.15, 0.2) is 158 Å². The summed E-state index contributed by atoms with van der Waals surface area (Å²) in [5, 5.41) is 10.1. The Hall–Kier alpha value is -7.83. The van der Waals surface area contributed by atoms with E-state index >= 15 is 0 Å². The maximum absolute atomic E-state index is 10.1. The zero-order valence-corrected chi connectivity index (χ0v) is 44.0. The molecule has 7 nitrogen and oxygen atoms in total. The summed E-state index contributed by atoms with van der Waals surface area (Å²) in [7, 11) is 0. The Morgan fingerprint density at radius 3 is 1.32 bits per heavy atom. The van der Waals surface area contributed by atoms with Crippen LogP contribution in [-0.2, 0) is 21.1 Å². The average Bonchev–Trinajstić information content (AvgIpc) is 3.96. The Morgan fingerprint density at radius 1 is 0.500 bits per heavy atom. The standard InChI is InChI=1S/C64H54N6O.Pt/c1-39(2)53-33-48(44-18-12-10-13-19-44)34-54(40(3)4)61(53)69-59-30-43(38-65)26-28-57(59)67-63(69)46-22-16-24-51(31-46)71-52-25-17-23-47(32-52)64-68-58-29-27-50(66-9)37-60(58)70(64)62-55(41(5)6)35-49(36-56(62)42(7)8)45-20-14-11-15-21-45;/h10-30,33-37,39-42H,1-8H3;/q-2;+2. The topological polar surface area (TPSA) is 73.0 Å². The Morgan fingerprint density at radius 2 is 0.917 bits per heavy atom. The van der Waals surface area contributed by atoms with E-state index in [1.54, 1.807) is 0 Å². The molecular formula is C64H54N6OPt. The van der Waals surface area contributed by atoms with Crippen LogP contribution in [0.1, 0.15) is 107 Å². The molecule has 0 unspecified atom stereocenters. The molecule has 0 spiro atoms. The number of aromatic nitrogens is 4. The molecule has 10 aromatic rings. The first-order valence-corrected chi connectivity index (χ1v) is 24.4. The van der Waals surface area contributed by atoms with Gasteiger partial charge >= 0.3 is 21.1 Å². The van der Waals surface area contributed by atoms with E-state index in [0.29, 0.717) is 34.4 Å². The van der Waals surface area contributed by atoms with Gasteiger partial charge in [0.25, 0.3) is 0 Å². The van der Waals surface area contributed by atoms with Crippen molar-refractivity contribution < 1.29 is 25.8 Å². The van der Waals surface area contributed by atoms with Crippen molar-refractivity contribution in [2.24, 2.45) is 0 Å². The number of ether oxygens (including phenoxy) is 1. The van der Waals surface area contributed by atoms with Gasteiger partial charge in [0, 0.05) is 22.9 Å². The van der Waals surface area contributed by atoms with Crippen LogP contribution in [0.2, 0.25) is 0 Å². The van der Waals surface area contributed by atoms with Crippen LogP contribution in [-0.4, -0.2) is 19.1 Å². The molecule has 2 aromatic heterocycles. The maximum Gasteiger partial charge on any atom is 2.00 e. The van der Waals surface area contributed by atoms with Crippen molar-refractivity contribution in [2.45, 2.75) is 79.1 Å². The predicted octanol–water partition coefficient (Wildman–Crippen LogP) is 17.3. The summed E-state index contributed by atoms with van der Waals surface area (Å²) >= 11 is 0. The summed E-state index contributed by atoms with van der Waals surface area (Å²) in [6.45, 7) is 25.8. The number of hydrogen-bond donors (Lipinski definition) is 0. The average molecular weight is 1120 g/mol. The Bertz CT molecular complexity index is 3420. The third-order valence-corrected chi connectivity index (χ3v) is 13.3. The summed E-state index contributed by atoms with van der Waals surface area (Å²) in [6.07, 6.45) is 0. The maximum atomic E-state index is 10.1. The molecule has 0 aliphatic heterocycles. The SMILES string of the molecule is [C-]#[N+]c1ccc2nc(-c3[c-]c(Oc4[c-]c(-c5nc6ccc(C#N)cc6n5-c5c(C(C)C)cc(-c6ccccc6)cc5C(C)C)ccc4)ccc3)n(-c3c(C(C)C)cc(-c4ccccc4)cc3C(C)C)c2c1.[Pt+2]. The van der Waals surface area contributed by atoms with Gasteiger partial charge in [-0.2, -0.15) is 5.26 Å². The monoisotopic (exact) mass is 1120 g/mol. The van der Waals surface area contributed by atoms with Gasteiger partial charge in [-0.15, -0.1) is 47.5 Å². The van der Waals surface area contributed by atoms with Crippen LogP contribution < -0.4 is 4.74 Å². The molecule has 0 N–H and O–H groups in total. The van der Waals surface area contributed by atoms with E-state index in [0.717, 1.165) is 61.3 Å². The fourth-order valence-electron chi connectivity index (χ4n) is 9.72. The second kappa shape index (κ2) is 20.5. The molecular weight excluding hydrogens is 1060 g/mol. The predicted molar refractivity (Wildman–Crippen MR) is 289 cm³/mol. The van der Waals surface area contributed by atoms with Gasteiger partial charge in [0.15, 0.2) is 5.69 Å². The number of hydrogen-bond acceptors (Lipinski definition) is 4. The van der Waals surface area contributed by atoms with Crippen LogP contribution in [0.5, 0.6) is 11.5 Å². The molecule has 0 atom stereocenters. The zero-order valence-electron chi connectivity index (χ0n) is 41.7. The van der Waals surface area contributed by atoms with Crippen molar-refractivity contribution in [1.82, 2.24) is 19.1 Å². The summed E-state index contributed by atoms with van der Waals surface area (Å²) in [6, 6.07) is 63.0. The first-order chi connectivity index (χ1) is 34.4. The van der Waals surface area contributed by atoms with Gasteiger partial charge in [-0.25, -0.2) is 4.85 Å². The molecule has 2 heterocycles. The van der Waals surface area contributed by atoms with Crippen molar-refractivity contribution in [3.63, 3.8) is 0 Å². The van der Waals surface area contributed by atoms with Crippen molar-refractivity contribution in [3.8, 4) is 74.0 Å². The molecule has 8 heteroatoms. The van der Waals surface area contributed by atoms with Gasteiger partial charge in [0.2, 0.25) is 0 Å². The Kier molecular flexibility index (Phi) is 14.0. The van der Waals surface area contributed by atoms with Crippen LogP contribution in [0, 0.1) is 30.0 Å². The molecule has 0 saturated carbocycles. The fraction of sp³-hybridized carbons (Fsp3) is 0.188. The van der Waals surface area contributed by atoms with E-state index < -0.39 is 0 Å². The molecule has 72 heavy (non-hydrogen) atoms. The Labute approximate surface area is 437 Å². The Balaban J connectivity index is 0.00000640. The first kappa shape index (κ1) is 49.2. The molecule has 10 rings (SSSR count). The van der Waals surface area contributed by atoms with Gasteiger partial charge in [0.05, 0.1) is 51.9 Å². The molecule has 0 fully saturated rings. The van der Waals surface area contributed by atoms with Crippen molar-refractivity contribution in [2.75, 3.05) is 0 Å². The number of nitrogens with zero attached hydrogens (tertiary/aromatic N) is 6. The largest absolute Gasteiger partial charge is 2.00 e. The van der Waals surface area contributed by atoms with E-state index in [1.807, 2.05) is 84.9 Å². The van der Waals surface area contributed by atoms with Gasteiger partial charge < -0.3 is 13.9 Å². The molecule has 8 aromatic carbocycles. The second-order valence-electron chi connectivity index (χ2n) is 19.5. The van der Waals surface area contributed by atoms with Crippen molar-refractivity contribution in [3.05, 3.63) is 209 Å². The fourth-order valence-corrected chi connectivity index (χ4v) is 9.72. The van der Waals surface area contributed by atoms with E-state index in [4.69, 9.17) is 21.3 Å². The van der Waals surface area contributed by atoms with E-state index in [-0.39, 0.29) is 44.7 Å². The molecule has 0 radical (unpaired) electrons. The minimum Gasteiger partial charge on any atom is -0.497 e. The summed E-state index contributed by atoms with van der Waals surface area (Å²) in [4.78, 5) is 14.4. The molecule has 0 bridgehead atoms. The first-order valence-electron chi connectivity index (χ1n) is 24.4. The molecule has 0 amide bonds. The third-order valence-electron chi connectivity index (χ3n) is 13.3. The van der Waals surface area contributed by atoms with Crippen LogP contribution in [0.3, 0.4) is 0 Å². The summed E-state index contributed by atoms with van der Waals surface area (Å²) in [5.41, 5.74) is 17.4. The third kappa shape index (κ3) is 9.30. The quantitative estimate of drug-likeness (QED) is 0.114. The van der Waals surface area contributed by atoms with Crippen LogP contribution in [0.4, 0.5) is 5.69 Å². The van der Waals surface area contributed by atoms with E-state index in [9.17, 15) is 5.26 Å². The number of benzene rings is 8. The molecule has 0 aliphatic carbocycles.